The summed E-state index contributed by atoms with van der Waals surface area (Å²) in [5, 5.41) is 17.0. The predicted octanol–water partition coefficient (Wildman–Crippen LogP) is 0.395. The van der Waals surface area contributed by atoms with E-state index in [9.17, 15) is 0 Å². The van der Waals surface area contributed by atoms with E-state index < -0.39 is 0 Å². The molecule has 0 saturated heterocycles. The predicted molar refractivity (Wildman–Crippen MR) is 48.3 cm³/mol. The maximum Gasteiger partial charge on any atom is 0.135 e. The van der Waals surface area contributed by atoms with Crippen molar-refractivity contribution in [3.05, 3.63) is 11.6 Å². The number of nitrogens with zero attached hydrogens (tertiary/aromatic N) is 3. The molecule has 1 atom stereocenters. The number of hydrogen-bond donors (Lipinski definition) is 1. The summed E-state index contributed by atoms with van der Waals surface area (Å²) >= 11 is 0. The van der Waals surface area contributed by atoms with Crippen molar-refractivity contribution in [3.63, 3.8) is 0 Å². The van der Waals surface area contributed by atoms with Gasteiger partial charge in [0.25, 0.3) is 0 Å². The fourth-order valence-corrected chi connectivity index (χ4v) is 1.83. The minimum atomic E-state index is 0.159. The van der Waals surface area contributed by atoms with Crippen LogP contribution in [0.15, 0.2) is 0 Å². The Labute approximate surface area is 77.6 Å². The number of aliphatic hydroxyl groups excluding tert-OH is 1. The van der Waals surface area contributed by atoms with Gasteiger partial charge in [0.1, 0.15) is 11.6 Å². The maximum absolute atomic E-state index is 8.82. The van der Waals surface area contributed by atoms with E-state index in [-0.39, 0.29) is 6.61 Å². The van der Waals surface area contributed by atoms with Crippen LogP contribution in [0, 0.1) is 5.92 Å². The molecule has 2 rings (SSSR count). The minimum Gasteiger partial charge on any atom is -0.396 e. The number of hydrogen-bond acceptors (Lipinski definition) is 3. The molecule has 0 amide bonds. The van der Waals surface area contributed by atoms with Gasteiger partial charge in [0.15, 0.2) is 0 Å². The third kappa shape index (κ3) is 1.58. The normalized spacial score (nSPS) is 21.5. The summed E-state index contributed by atoms with van der Waals surface area (Å²) in [4.78, 5) is 0. The zero-order chi connectivity index (χ0) is 9.26. The summed E-state index contributed by atoms with van der Waals surface area (Å²) in [7, 11) is 0. The van der Waals surface area contributed by atoms with E-state index in [1.807, 2.05) is 0 Å². The van der Waals surface area contributed by atoms with Crippen molar-refractivity contribution < 1.29 is 5.11 Å². The zero-order valence-corrected chi connectivity index (χ0v) is 7.90. The van der Waals surface area contributed by atoms with Crippen LogP contribution in [0.2, 0.25) is 0 Å². The highest BCUT2D eigenvalue weighted by Crippen LogP contribution is 2.19. The van der Waals surface area contributed by atoms with Crippen LogP contribution in [-0.4, -0.2) is 26.5 Å². The molecule has 2 heterocycles. The van der Waals surface area contributed by atoms with Gasteiger partial charge in [-0.15, -0.1) is 10.2 Å². The Bertz CT molecular complexity index is 295. The van der Waals surface area contributed by atoms with Crippen LogP contribution >= 0.6 is 0 Å². The van der Waals surface area contributed by atoms with E-state index in [2.05, 4.69) is 21.7 Å². The molecular weight excluding hydrogens is 166 g/mol. The van der Waals surface area contributed by atoms with Gasteiger partial charge in [-0.05, 0) is 12.3 Å². The lowest BCUT2D eigenvalue weighted by atomic mass is 10.0. The quantitative estimate of drug-likeness (QED) is 0.718. The summed E-state index contributed by atoms with van der Waals surface area (Å²) in [6.45, 7) is 3.41. The van der Waals surface area contributed by atoms with E-state index in [0.717, 1.165) is 24.6 Å². The smallest absolute Gasteiger partial charge is 0.135 e. The standard InChI is InChI=1S/C9H15N3O/c1-7-2-3-8-10-11-9(4-5-13)12(8)6-7/h7,13H,2-6H2,1H3. The monoisotopic (exact) mass is 181 g/mol. The molecule has 1 unspecified atom stereocenters. The largest absolute Gasteiger partial charge is 0.396 e. The van der Waals surface area contributed by atoms with Crippen LogP contribution in [0.5, 0.6) is 0 Å². The lowest BCUT2D eigenvalue weighted by molar-refractivity contribution is 0.291. The molecule has 0 spiro atoms. The first-order valence-corrected chi connectivity index (χ1v) is 4.83. The second-order valence-corrected chi connectivity index (χ2v) is 3.76. The molecule has 13 heavy (non-hydrogen) atoms. The molecule has 1 aromatic rings. The highest BCUT2D eigenvalue weighted by Gasteiger charge is 2.19. The number of aryl methyl sites for hydroxylation is 1. The van der Waals surface area contributed by atoms with Gasteiger partial charge in [-0.1, -0.05) is 6.92 Å². The Morgan fingerprint density at radius 1 is 1.54 bits per heavy atom. The Kier molecular flexibility index (Phi) is 2.31. The topological polar surface area (TPSA) is 50.9 Å². The van der Waals surface area contributed by atoms with Crippen LogP contribution in [0.25, 0.3) is 0 Å². The average molecular weight is 181 g/mol. The van der Waals surface area contributed by atoms with Crippen LogP contribution in [-0.2, 0) is 19.4 Å². The molecule has 0 fully saturated rings. The first kappa shape index (κ1) is 8.69. The first-order valence-electron chi connectivity index (χ1n) is 4.83. The van der Waals surface area contributed by atoms with Crippen LogP contribution < -0.4 is 0 Å². The minimum absolute atomic E-state index is 0.159. The van der Waals surface area contributed by atoms with E-state index in [4.69, 9.17) is 5.11 Å². The molecule has 4 nitrogen and oxygen atoms in total. The third-order valence-electron chi connectivity index (χ3n) is 2.59. The van der Waals surface area contributed by atoms with Crippen molar-refractivity contribution in [2.75, 3.05) is 6.61 Å². The lowest BCUT2D eigenvalue weighted by Gasteiger charge is -2.20. The van der Waals surface area contributed by atoms with Gasteiger partial charge in [-0.2, -0.15) is 0 Å². The summed E-state index contributed by atoms with van der Waals surface area (Å²) in [5.41, 5.74) is 0. The Balaban J connectivity index is 2.25. The number of aliphatic hydroxyl groups is 1. The van der Waals surface area contributed by atoms with Crippen molar-refractivity contribution in [2.45, 2.75) is 32.7 Å². The summed E-state index contributed by atoms with van der Waals surface area (Å²) in [5.74, 6) is 2.73. The number of rotatable bonds is 2. The molecule has 0 aromatic carbocycles. The molecule has 1 aliphatic heterocycles. The molecular formula is C9H15N3O. The second-order valence-electron chi connectivity index (χ2n) is 3.76. The van der Waals surface area contributed by atoms with Gasteiger partial charge in [0.2, 0.25) is 0 Å². The molecule has 1 aliphatic rings. The second kappa shape index (κ2) is 3.46. The molecule has 0 radical (unpaired) electrons. The van der Waals surface area contributed by atoms with Crippen molar-refractivity contribution >= 4 is 0 Å². The van der Waals surface area contributed by atoms with Gasteiger partial charge < -0.3 is 9.67 Å². The molecule has 0 saturated carbocycles. The molecule has 1 N–H and O–H groups in total. The van der Waals surface area contributed by atoms with Gasteiger partial charge in [0, 0.05) is 19.4 Å². The van der Waals surface area contributed by atoms with Gasteiger partial charge in [0.05, 0.1) is 6.61 Å². The SMILES string of the molecule is CC1CCc2nnc(CCO)n2C1. The lowest BCUT2D eigenvalue weighted by Crippen LogP contribution is -2.20. The highest BCUT2D eigenvalue weighted by molar-refractivity contribution is 4.99. The Morgan fingerprint density at radius 3 is 3.15 bits per heavy atom. The average Bonchev–Trinajstić information content (AvgIpc) is 2.49. The van der Waals surface area contributed by atoms with Crippen molar-refractivity contribution in [2.24, 2.45) is 5.92 Å². The zero-order valence-electron chi connectivity index (χ0n) is 7.90. The summed E-state index contributed by atoms with van der Waals surface area (Å²) in [6, 6.07) is 0. The summed E-state index contributed by atoms with van der Waals surface area (Å²) < 4.78 is 2.16. The van der Waals surface area contributed by atoms with Crippen LogP contribution in [0.1, 0.15) is 25.0 Å². The highest BCUT2D eigenvalue weighted by atomic mass is 16.3. The van der Waals surface area contributed by atoms with Crippen molar-refractivity contribution in [3.8, 4) is 0 Å². The van der Waals surface area contributed by atoms with E-state index in [0.29, 0.717) is 12.3 Å². The molecule has 4 heteroatoms. The number of fused-ring (bicyclic) bond motifs is 1. The van der Waals surface area contributed by atoms with Crippen molar-refractivity contribution in [1.29, 1.82) is 0 Å². The first-order chi connectivity index (χ1) is 6.31. The van der Waals surface area contributed by atoms with Gasteiger partial charge in [-0.25, -0.2) is 0 Å². The van der Waals surface area contributed by atoms with Crippen molar-refractivity contribution in [1.82, 2.24) is 14.8 Å². The fraction of sp³-hybridized carbons (Fsp3) is 0.778. The molecule has 72 valence electrons. The number of aromatic nitrogens is 3. The van der Waals surface area contributed by atoms with Gasteiger partial charge in [-0.3, -0.25) is 0 Å². The Hall–Kier alpha value is -0.900. The molecule has 0 bridgehead atoms. The van der Waals surface area contributed by atoms with E-state index in [1.54, 1.807) is 0 Å². The molecule has 0 aliphatic carbocycles. The fourth-order valence-electron chi connectivity index (χ4n) is 1.83. The van der Waals surface area contributed by atoms with E-state index >= 15 is 0 Å². The van der Waals surface area contributed by atoms with Gasteiger partial charge >= 0.3 is 0 Å². The van der Waals surface area contributed by atoms with Crippen LogP contribution in [0.3, 0.4) is 0 Å². The maximum atomic E-state index is 8.82. The Morgan fingerprint density at radius 2 is 2.38 bits per heavy atom. The molecule has 1 aromatic heterocycles. The van der Waals surface area contributed by atoms with Crippen LogP contribution in [0.4, 0.5) is 0 Å². The third-order valence-corrected chi connectivity index (χ3v) is 2.59. The van der Waals surface area contributed by atoms with E-state index in [1.165, 1.54) is 6.42 Å². The summed E-state index contributed by atoms with van der Waals surface area (Å²) in [6.07, 6.45) is 2.86.